The van der Waals surface area contributed by atoms with Crippen LogP contribution < -0.4 is 44.6 Å². The van der Waals surface area contributed by atoms with Gasteiger partial charge in [0.2, 0.25) is 17.7 Å². The van der Waals surface area contributed by atoms with Crippen molar-refractivity contribution < 1.29 is 39.3 Å². The van der Waals surface area contributed by atoms with Gasteiger partial charge in [-0.25, -0.2) is 4.79 Å². The second-order valence-corrected chi connectivity index (χ2v) is 8.29. The summed E-state index contributed by atoms with van der Waals surface area (Å²) in [5, 5.41) is 35.1. The zero-order chi connectivity index (χ0) is 29.4. The second-order valence-electron chi connectivity index (χ2n) is 8.29. The summed E-state index contributed by atoms with van der Waals surface area (Å²) in [5.41, 5.74) is 26.5. The molecular formula is C20H38N10O8. The first-order valence-corrected chi connectivity index (χ1v) is 11.6. The number of carboxylic acids is 2. The Morgan fingerprint density at radius 1 is 0.763 bits per heavy atom. The molecule has 0 aromatic carbocycles. The van der Waals surface area contributed by atoms with Gasteiger partial charge in [-0.2, -0.15) is 0 Å². The number of rotatable bonds is 18. The lowest BCUT2D eigenvalue weighted by molar-refractivity contribution is -0.142. The van der Waals surface area contributed by atoms with E-state index in [4.69, 9.17) is 33.8 Å². The van der Waals surface area contributed by atoms with Gasteiger partial charge >= 0.3 is 11.9 Å². The van der Waals surface area contributed by atoms with Crippen molar-refractivity contribution in [2.75, 3.05) is 13.1 Å². The van der Waals surface area contributed by atoms with E-state index in [1.807, 2.05) is 0 Å². The molecule has 18 heteroatoms. The highest BCUT2D eigenvalue weighted by molar-refractivity contribution is 5.95. The molecule has 0 heterocycles. The molecule has 38 heavy (non-hydrogen) atoms. The number of carbonyl (C=O) groups is 5. The van der Waals surface area contributed by atoms with E-state index in [9.17, 15) is 34.2 Å². The van der Waals surface area contributed by atoms with Crippen LogP contribution in [0, 0.1) is 0 Å². The monoisotopic (exact) mass is 546 g/mol. The third-order valence-corrected chi connectivity index (χ3v) is 4.93. The van der Waals surface area contributed by atoms with Gasteiger partial charge in [0, 0.05) is 13.1 Å². The summed E-state index contributed by atoms with van der Waals surface area (Å²) in [6, 6.07) is -5.77. The van der Waals surface area contributed by atoms with Crippen molar-refractivity contribution in [2.45, 2.75) is 69.3 Å². The molecule has 0 fully saturated rings. The van der Waals surface area contributed by atoms with Gasteiger partial charge in [-0.05, 0) is 32.6 Å². The third kappa shape index (κ3) is 14.4. The molecule has 18 nitrogen and oxygen atoms in total. The molecule has 3 amide bonds. The molecule has 0 aliphatic rings. The van der Waals surface area contributed by atoms with Crippen LogP contribution in [0.5, 0.6) is 0 Å². The maximum absolute atomic E-state index is 12.9. The summed E-state index contributed by atoms with van der Waals surface area (Å²) in [5.74, 6) is -5.95. The van der Waals surface area contributed by atoms with Crippen molar-refractivity contribution in [3.05, 3.63) is 0 Å². The van der Waals surface area contributed by atoms with Gasteiger partial charge in [0.15, 0.2) is 11.9 Å². The first-order valence-electron chi connectivity index (χ1n) is 11.6. The van der Waals surface area contributed by atoms with E-state index in [2.05, 4.69) is 25.9 Å². The number of nitrogens with two attached hydrogens (primary N) is 5. The number of carbonyl (C=O) groups excluding carboxylic acids is 3. The number of aliphatic carboxylic acids is 2. The Kier molecular flexibility index (Phi) is 15.4. The molecule has 5 unspecified atom stereocenters. The molecule has 0 aliphatic carbocycles. The molecule has 0 bridgehead atoms. The lowest BCUT2D eigenvalue weighted by Gasteiger charge is -2.26. The predicted molar refractivity (Wildman–Crippen MR) is 135 cm³/mol. The van der Waals surface area contributed by atoms with Gasteiger partial charge in [-0.1, -0.05) is 0 Å². The van der Waals surface area contributed by atoms with Crippen molar-refractivity contribution >= 4 is 41.6 Å². The fourth-order valence-corrected chi connectivity index (χ4v) is 3.01. The summed E-state index contributed by atoms with van der Waals surface area (Å²) >= 11 is 0. The van der Waals surface area contributed by atoms with Crippen LogP contribution in [0.15, 0.2) is 9.98 Å². The van der Waals surface area contributed by atoms with Gasteiger partial charge in [0.05, 0.1) is 18.6 Å². The van der Waals surface area contributed by atoms with Gasteiger partial charge in [-0.15, -0.1) is 0 Å². The molecule has 5 atom stereocenters. The summed E-state index contributed by atoms with van der Waals surface area (Å²) in [6.45, 7) is 1.39. The molecule has 0 aromatic rings. The maximum Gasteiger partial charge on any atom is 0.326 e. The van der Waals surface area contributed by atoms with E-state index in [0.29, 0.717) is 0 Å². The lowest BCUT2D eigenvalue weighted by Crippen LogP contribution is -2.59. The molecule has 216 valence electrons. The van der Waals surface area contributed by atoms with Crippen LogP contribution in [0.3, 0.4) is 0 Å². The summed E-state index contributed by atoms with van der Waals surface area (Å²) in [7, 11) is 0. The Hall–Kier alpha value is -4.19. The number of carboxylic acid groups (broad SMARTS) is 2. The highest BCUT2D eigenvalue weighted by Gasteiger charge is 2.32. The van der Waals surface area contributed by atoms with Gasteiger partial charge < -0.3 is 59.9 Å². The number of nitrogens with zero attached hydrogens (tertiary/aromatic N) is 2. The molecule has 0 spiro atoms. The van der Waals surface area contributed by atoms with E-state index in [1.165, 1.54) is 6.92 Å². The van der Waals surface area contributed by atoms with E-state index in [-0.39, 0.29) is 50.7 Å². The van der Waals surface area contributed by atoms with Crippen molar-refractivity contribution in [3.63, 3.8) is 0 Å². The van der Waals surface area contributed by atoms with Crippen LogP contribution in [0.4, 0.5) is 0 Å². The minimum atomic E-state index is -1.61. The van der Waals surface area contributed by atoms with E-state index < -0.39 is 66.4 Å². The Labute approximate surface area is 218 Å². The molecule has 0 saturated heterocycles. The Morgan fingerprint density at radius 3 is 1.66 bits per heavy atom. The van der Waals surface area contributed by atoms with Gasteiger partial charge in [0.25, 0.3) is 0 Å². The minimum Gasteiger partial charge on any atom is -0.481 e. The largest absolute Gasteiger partial charge is 0.481 e. The highest BCUT2D eigenvalue weighted by Crippen LogP contribution is 2.05. The van der Waals surface area contributed by atoms with Crippen LogP contribution in [0.2, 0.25) is 0 Å². The summed E-state index contributed by atoms with van der Waals surface area (Å²) in [6.07, 6.45) is -1.86. The van der Waals surface area contributed by atoms with E-state index in [0.717, 1.165) is 0 Å². The summed E-state index contributed by atoms with van der Waals surface area (Å²) < 4.78 is 0. The average molecular weight is 547 g/mol. The lowest BCUT2D eigenvalue weighted by atomic mass is 10.1. The SMILES string of the molecule is CC(O)C(NC(=O)C(N)CC(=O)O)C(=O)NC(CCCN=C(N)N)C(=O)NC(CCCN=C(N)N)C(=O)O. The number of amides is 3. The Bertz CT molecular complexity index is 887. The molecule has 0 aliphatic heterocycles. The molecular weight excluding hydrogens is 508 g/mol. The number of aliphatic hydroxyl groups is 1. The fourth-order valence-electron chi connectivity index (χ4n) is 3.01. The maximum atomic E-state index is 12.9. The number of hydrogen-bond acceptors (Lipinski definition) is 9. The Balaban J connectivity index is 5.58. The van der Waals surface area contributed by atoms with E-state index >= 15 is 0 Å². The fraction of sp³-hybridized carbons (Fsp3) is 0.650. The third-order valence-electron chi connectivity index (χ3n) is 4.93. The van der Waals surface area contributed by atoms with Crippen LogP contribution in [-0.4, -0.2) is 100 Å². The first kappa shape index (κ1) is 33.8. The van der Waals surface area contributed by atoms with Gasteiger partial charge in [0.1, 0.15) is 18.1 Å². The zero-order valence-electron chi connectivity index (χ0n) is 21.0. The number of aliphatic hydroxyl groups excluding tert-OH is 1. The normalized spacial score (nSPS) is 14.5. The molecule has 0 aromatic heterocycles. The highest BCUT2D eigenvalue weighted by atomic mass is 16.4. The summed E-state index contributed by atoms with van der Waals surface area (Å²) in [4.78, 5) is 67.9. The molecule has 0 rings (SSSR count). The Morgan fingerprint density at radius 2 is 1.24 bits per heavy atom. The zero-order valence-corrected chi connectivity index (χ0v) is 21.0. The second kappa shape index (κ2) is 17.3. The van der Waals surface area contributed by atoms with Gasteiger partial charge in [-0.3, -0.25) is 29.2 Å². The topological polar surface area (TPSA) is 337 Å². The quantitative estimate of drug-likeness (QED) is 0.0435. The van der Waals surface area contributed by atoms with Crippen molar-refractivity contribution in [1.82, 2.24) is 16.0 Å². The smallest absolute Gasteiger partial charge is 0.326 e. The van der Waals surface area contributed by atoms with Crippen molar-refractivity contribution in [1.29, 1.82) is 0 Å². The van der Waals surface area contributed by atoms with Crippen LogP contribution in [0.1, 0.15) is 39.0 Å². The molecule has 16 N–H and O–H groups in total. The number of aliphatic imine (C=N–C) groups is 2. The van der Waals surface area contributed by atoms with Crippen LogP contribution in [-0.2, 0) is 24.0 Å². The standard InChI is InChI=1S/C20H38N10O8/c1-9(31)14(30-15(34)10(21)8-13(32)33)17(36)28-11(4-2-6-26-19(22)23)16(35)29-12(18(37)38)5-3-7-27-20(24)25/h9-12,14,31H,2-8,21H2,1H3,(H,28,36)(H,29,35)(H,30,34)(H,32,33)(H,37,38)(H4,22,23,26)(H4,24,25,27). The predicted octanol–water partition coefficient (Wildman–Crippen LogP) is -5.18. The van der Waals surface area contributed by atoms with E-state index in [1.54, 1.807) is 0 Å². The van der Waals surface area contributed by atoms with Crippen LogP contribution >= 0.6 is 0 Å². The number of guanidine groups is 2. The number of nitrogens with one attached hydrogen (secondary N) is 3. The van der Waals surface area contributed by atoms with Crippen molar-refractivity contribution in [2.24, 2.45) is 38.7 Å². The van der Waals surface area contributed by atoms with Crippen LogP contribution in [0.25, 0.3) is 0 Å². The van der Waals surface area contributed by atoms with Crippen molar-refractivity contribution in [3.8, 4) is 0 Å². The molecule has 0 radical (unpaired) electrons. The molecule has 0 saturated carbocycles. The first-order chi connectivity index (χ1) is 17.6. The minimum absolute atomic E-state index is 0.0274. The average Bonchev–Trinajstić information content (AvgIpc) is 2.79. The number of hydrogen-bond donors (Lipinski definition) is 11.